The average molecular weight is 398 g/mol. The average Bonchev–Trinajstić information content (AvgIpc) is 3.12. The Morgan fingerprint density at radius 1 is 1.28 bits per heavy atom. The molecule has 5 nitrogen and oxygen atoms in total. The van der Waals surface area contributed by atoms with Crippen LogP contribution < -0.4 is 5.32 Å². The summed E-state index contributed by atoms with van der Waals surface area (Å²) < 4.78 is 11.4. The van der Waals surface area contributed by atoms with Gasteiger partial charge in [0.1, 0.15) is 9.92 Å². The van der Waals surface area contributed by atoms with Crippen LogP contribution in [-0.4, -0.2) is 18.5 Å². The highest BCUT2D eigenvalue weighted by Gasteiger charge is 2.22. The van der Waals surface area contributed by atoms with Crippen molar-refractivity contribution < 1.29 is 18.7 Å². The first-order valence-corrected chi connectivity index (χ1v) is 8.99. The number of hydrogen-bond acceptors (Lipinski definition) is 5. The number of esters is 1. The molecule has 8 heteroatoms. The van der Waals surface area contributed by atoms with E-state index in [4.69, 9.17) is 32.4 Å². The summed E-state index contributed by atoms with van der Waals surface area (Å²) in [6.45, 7) is 2.03. The van der Waals surface area contributed by atoms with E-state index in [2.05, 4.69) is 5.32 Å². The van der Waals surface area contributed by atoms with Gasteiger partial charge in [0.2, 0.25) is 5.76 Å². The number of carbonyl (C=O) groups excluding carboxylic acids is 2. The molecule has 1 N–H and O–H groups in total. The van der Waals surface area contributed by atoms with Gasteiger partial charge in [-0.1, -0.05) is 41.4 Å². The molecule has 0 saturated heterocycles. The highest BCUT2D eigenvalue weighted by Crippen LogP contribution is 2.31. The zero-order valence-electron chi connectivity index (χ0n) is 13.1. The van der Waals surface area contributed by atoms with Crippen molar-refractivity contribution >= 4 is 57.4 Å². The Hall–Kier alpha value is -2.02. The van der Waals surface area contributed by atoms with Crippen molar-refractivity contribution in [2.75, 3.05) is 6.61 Å². The van der Waals surface area contributed by atoms with Crippen molar-refractivity contribution in [3.05, 3.63) is 55.9 Å². The van der Waals surface area contributed by atoms with Gasteiger partial charge in [-0.15, -0.1) is 11.3 Å². The van der Waals surface area contributed by atoms with Gasteiger partial charge in [-0.05, 0) is 19.1 Å². The van der Waals surface area contributed by atoms with Crippen molar-refractivity contribution in [1.82, 2.24) is 5.32 Å². The molecule has 0 spiro atoms. The lowest BCUT2D eigenvalue weighted by molar-refractivity contribution is 0.0490. The molecule has 3 aromatic rings. The Morgan fingerprint density at radius 2 is 2.04 bits per heavy atom. The third-order valence-corrected chi connectivity index (χ3v) is 4.97. The minimum Gasteiger partial charge on any atom is -0.460 e. The van der Waals surface area contributed by atoms with Crippen LogP contribution in [0.25, 0.3) is 11.0 Å². The van der Waals surface area contributed by atoms with Gasteiger partial charge in [-0.3, -0.25) is 4.79 Å². The predicted octanol–water partition coefficient (Wildman–Crippen LogP) is 4.91. The maximum absolute atomic E-state index is 12.3. The standard InChI is InChI=1S/C17H13Cl2NO4S/c1-2-23-17(22)14-11(9-5-3-4-6-12(9)24-14)8-20-16(21)10-7-13(18)25-15(10)19/h3-7H,2,8H2,1H3,(H,20,21). The van der Waals surface area contributed by atoms with E-state index < -0.39 is 5.97 Å². The third kappa shape index (κ3) is 3.66. The SMILES string of the molecule is CCOC(=O)c1oc2ccccc2c1CNC(=O)c1cc(Cl)sc1Cl. The number of furan rings is 1. The lowest BCUT2D eigenvalue weighted by atomic mass is 10.1. The molecule has 0 fully saturated rings. The molecule has 130 valence electrons. The molecule has 1 aromatic carbocycles. The van der Waals surface area contributed by atoms with E-state index in [-0.39, 0.29) is 24.8 Å². The van der Waals surface area contributed by atoms with Crippen LogP contribution in [0, 0.1) is 0 Å². The Morgan fingerprint density at radius 3 is 2.72 bits per heavy atom. The van der Waals surface area contributed by atoms with Crippen LogP contribution in [0.3, 0.4) is 0 Å². The first-order valence-electron chi connectivity index (χ1n) is 7.41. The second-order valence-electron chi connectivity index (χ2n) is 5.05. The van der Waals surface area contributed by atoms with E-state index in [0.29, 0.717) is 25.4 Å². The second-order valence-corrected chi connectivity index (χ2v) is 7.33. The zero-order chi connectivity index (χ0) is 18.0. The first-order chi connectivity index (χ1) is 12.0. The third-order valence-electron chi connectivity index (χ3n) is 3.49. The number of nitrogens with one attached hydrogen (secondary N) is 1. The van der Waals surface area contributed by atoms with Gasteiger partial charge in [0.15, 0.2) is 0 Å². The van der Waals surface area contributed by atoms with Crippen molar-refractivity contribution in [3.63, 3.8) is 0 Å². The monoisotopic (exact) mass is 397 g/mol. The van der Waals surface area contributed by atoms with Crippen molar-refractivity contribution in [2.45, 2.75) is 13.5 Å². The van der Waals surface area contributed by atoms with E-state index in [1.807, 2.05) is 12.1 Å². The quantitative estimate of drug-likeness (QED) is 0.621. The Labute approximate surface area is 157 Å². The molecule has 0 aliphatic carbocycles. The van der Waals surface area contributed by atoms with Crippen LogP contribution in [0.15, 0.2) is 34.7 Å². The fourth-order valence-corrected chi connectivity index (χ4v) is 3.85. The number of thiophene rings is 1. The van der Waals surface area contributed by atoms with Gasteiger partial charge in [-0.25, -0.2) is 4.79 Å². The lowest BCUT2D eigenvalue weighted by Gasteiger charge is -2.05. The molecule has 2 aromatic heterocycles. The molecular formula is C17H13Cl2NO4S. The van der Waals surface area contributed by atoms with Crippen molar-refractivity contribution in [2.24, 2.45) is 0 Å². The number of carbonyl (C=O) groups is 2. The zero-order valence-corrected chi connectivity index (χ0v) is 15.4. The molecule has 0 aliphatic heterocycles. The van der Waals surface area contributed by atoms with E-state index in [1.165, 1.54) is 6.07 Å². The largest absolute Gasteiger partial charge is 0.460 e. The lowest BCUT2D eigenvalue weighted by Crippen LogP contribution is -2.23. The first kappa shape index (κ1) is 17.8. The summed E-state index contributed by atoms with van der Waals surface area (Å²) in [5.41, 5.74) is 1.40. The highest BCUT2D eigenvalue weighted by atomic mass is 35.5. The van der Waals surface area contributed by atoms with Crippen LogP contribution >= 0.6 is 34.5 Å². The number of halogens is 2. The molecule has 0 atom stereocenters. The molecule has 0 unspecified atom stereocenters. The molecule has 2 heterocycles. The molecule has 25 heavy (non-hydrogen) atoms. The van der Waals surface area contributed by atoms with Crippen molar-refractivity contribution in [3.8, 4) is 0 Å². The molecular weight excluding hydrogens is 385 g/mol. The molecule has 1 amide bonds. The van der Waals surface area contributed by atoms with Gasteiger partial charge in [0, 0.05) is 17.5 Å². The highest BCUT2D eigenvalue weighted by molar-refractivity contribution is 7.20. The van der Waals surface area contributed by atoms with Crippen LogP contribution in [0.5, 0.6) is 0 Å². The number of ether oxygens (including phenoxy) is 1. The number of fused-ring (bicyclic) bond motifs is 1. The Kier molecular flexibility index (Phi) is 5.32. The topological polar surface area (TPSA) is 68.5 Å². The number of para-hydroxylation sites is 1. The van der Waals surface area contributed by atoms with Crippen LogP contribution in [-0.2, 0) is 11.3 Å². The Bertz CT molecular complexity index is 947. The smallest absolute Gasteiger partial charge is 0.374 e. The summed E-state index contributed by atoms with van der Waals surface area (Å²) in [6, 6.07) is 8.70. The minimum atomic E-state index is -0.570. The van der Waals surface area contributed by atoms with Gasteiger partial charge in [0.05, 0.1) is 16.5 Å². The number of benzene rings is 1. The summed E-state index contributed by atoms with van der Waals surface area (Å²) >= 11 is 13.0. The molecule has 0 saturated carbocycles. The van der Waals surface area contributed by atoms with Crippen molar-refractivity contribution in [1.29, 1.82) is 0 Å². The number of amides is 1. The summed E-state index contributed by atoms with van der Waals surface area (Å²) in [7, 11) is 0. The Balaban J connectivity index is 1.89. The van der Waals surface area contributed by atoms with E-state index >= 15 is 0 Å². The summed E-state index contributed by atoms with van der Waals surface area (Å²) in [6.07, 6.45) is 0. The van der Waals surface area contributed by atoms with Gasteiger partial charge >= 0.3 is 5.97 Å². The minimum absolute atomic E-state index is 0.0813. The predicted molar refractivity (Wildman–Crippen MR) is 97.7 cm³/mol. The normalized spacial score (nSPS) is 10.8. The maximum atomic E-state index is 12.3. The second kappa shape index (κ2) is 7.47. The fraction of sp³-hybridized carbons (Fsp3) is 0.176. The van der Waals surface area contributed by atoms with E-state index in [9.17, 15) is 9.59 Å². The van der Waals surface area contributed by atoms with Gasteiger partial charge in [0.25, 0.3) is 5.91 Å². The number of rotatable bonds is 5. The van der Waals surface area contributed by atoms with Crippen LogP contribution in [0.2, 0.25) is 8.67 Å². The van der Waals surface area contributed by atoms with Gasteiger partial charge < -0.3 is 14.5 Å². The van der Waals surface area contributed by atoms with Crippen LogP contribution in [0.4, 0.5) is 0 Å². The maximum Gasteiger partial charge on any atom is 0.374 e. The molecule has 3 rings (SSSR count). The van der Waals surface area contributed by atoms with E-state index in [0.717, 1.165) is 16.7 Å². The molecule has 0 aliphatic rings. The van der Waals surface area contributed by atoms with Crippen LogP contribution in [0.1, 0.15) is 33.4 Å². The molecule has 0 bridgehead atoms. The summed E-state index contributed by atoms with van der Waals surface area (Å²) in [4.78, 5) is 24.5. The molecule has 0 radical (unpaired) electrons. The number of hydrogen-bond donors (Lipinski definition) is 1. The van der Waals surface area contributed by atoms with E-state index in [1.54, 1.807) is 19.1 Å². The van der Waals surface area contributed by atoms with Gasteiger partial charge in [-0.2, -0.15) is 0 Å². The summed E-state index contributed by atoms with van der Waals surface area (Å²) in [5, 5.41) is 3.48. The fourth-order valence-electron chi connectivity index (χ4n) is 2.39. The summed E-state index contributed by atoms with van der Waals surface area (Å²) in [5.74, 6) is -0.870.